The Balaban J connectivity index is 1.42. The van der Waals surface area contributed by atoms with Crippen LogP contribution >= 0.6 is 0 Å². The summed E-state index contributed by atoms with van der Waals surface area (Å²) >= 11 is 0. The zero-order valence-electron chi connectivity index (χ0n) is 17.9. The first-order valence-electron chi connectivity index (χ1n) is 11.3. The highest BCUT2D eigenvalue weighted by atomic mass is 19.1. The van der Waals surface area contributed by atoms with Gasteiger partial charge in [0.05, 0.1) is 11.3 Å². The van der Waals surface area contributed by atoms with Crippen molar-refractivity contribution in [3.8, 4) is 0 Å². The highest BCUT2D eigenvalue weighted by molar-refractivity contribution is 5.95. The number of benzene rings is 1. The Labute approximate surface area is 178 Å². The van der Waals surface area contributed by atoms with Gasteiger partial charge < -0.3 is 5.32 Å². The third-order valence-corrected chi connectivity index (χ3v) is 6.58. The SMILES string of the molecule is Cc1ccc(C(=O)NC2CCCCC2)c(C2CCN(Cc3ccccc3F)CC2)n1. The summed E-state index contributed by atoms with van der Waals surface area (Å²) in [6, 6.07) is 11.2. The van der Waals surface area contributed by atoms with E-state index in [4.69, 9.17) is 4.98 Å². The van der Waals surface area contributed by atoms with Gasteiger partial charge in [-0.15, -0.1) is 0 Å². The van der Waals surface area contributed by atoms with E-state index in [2.05, 4.69) is 10.2 Å². The first kappa shape index (κ1) is 21.0. The molecule has 0 unspecified atom stereocenters. The molecule has 2 heterocycles. The molecule has 4 nitrogen and oxygen atoms in total. The fraction of sp³-hybridized carbons (Fsp3) is 0.520. The first-order chi connectivity index (χ1) is 14.6. The van der Waals surface area contributed by atoms with Gasteiger partial charge in [-0.3, -0.25) is 14.7 Å². The number of likely N-dealkylation sites (tertiary alicyclic amines) is 1. The lowest BCUT2D eigenvalue weighted by Crippen LogP contribution is -2.38. The predicted molar refractivity (Wildman–Crippen MR) is 117 cm³/mol. The van der Waals surface area contributed by atoms with E-state index in [0.717, 1.165) is 61.3 Å². The Kier molecular flexibility index (Phi) is 6.78. The maximum absolute atomic E-state index is 14.0. The number of rotatable bonds is 5. The van der Waals surface area contributed by atoms with Crippen LogP contribution in [0.15, 0.2) is 36.4 Å². The van der Waals surface area contributed by atoms with Crippen molar-refractivity contribution < 1.29 is 9.18 Å². The number of aryl methyl sites for hydroxylation is 1. The standard InChI is InChI=1S/C25H32FN3O/c1-18-11-12-22(25(30)28-21-8-3-2-4-9-21)24(27-18)19-13-15-29(16-14-19)17-20-7-5-6-10-23(20)26/h5-7,10-12,19,21H,2-4,8-9,13-17H2,1H3,(H,28,30). The highest BCUT2D eigenvalue weighted by Crippen LogP contribution is 2.30. The highest BCUT2D eigenvalue weighted by Gasteiger charge is 2.27. The summed E-state index contributed by atoms with van der Waals surface area (Å²) in [6.45, 7) is 4.39. The molecule has 30 heavy (non-hydrogen) atoms. The number of hydrogen-bond acceptors (Lipinski definition) is 3. The summed E-state index contributed by atoms with van der Waals surface area (Å²) in [4.78, 5) is 20.1. The molecular weight excluding hydrogens is 377 g/mol. The van der Waals surface area contributed by atoms with Crippen molar-refractivity contribution in [3.05, 3.63) is 64.7 Å². The molecule has 4 rings (SSSR count). The van der Waals surface area contributed by atoms with Crippen LogP contribution in [0.5, 0.6) is 0 Å². The average Bonchev–Trinajstić information content (AvgIpc) is 2.76. The van der Waals surface area contributed by atoms with Crippen molar-refractivity contribution in [3.63, 3.8) is 0 Å². The van der Waals surface area contributed by atoms with E-state index in [1.54, 1.807) is 6.07 Å². The molecule has 2 fully saturated rings. The second-order valence-electron chi connectivity index (χ2n) is 8.84. The Morgan fingerprint density at radius 3 is 2.53 bits per heavy atom. The molecule has 0 bridgehead atoms. The van der Waals surface area contributed by atoms with Gasteiger partial charge in [-0.1, -0.05) is 37.5 Å². The largest absolute Gasteiger partial charge is 0.349 e. The van der Waals surface area contributed by atoms with Gasteiger partial charge in [0.1, 0.15) is 5.82 Å². The number of halogens is 1. The number of pyridine rings is 1. The molecule has 1 aliphatic heterocycles. The Morgan fingerprint density at radius 1 is 1.07 bits per heavy atom. The second kappa shape index (κ2) is 9.69. The molecule has 1 amide bonds. The normalized spacial score (nSPS) is 19.0. The smallest absolute Gasteiger partial charge is 0.253 e. The maximum atomic E-state index is 14.0. The third-order valence-electron chi connectivity index (χ3n) is 6.58. The lowest BCUT2D eigenvalue weighted by Gasteiger charge is -2.32. The molecular formula is C25H32FN3O. The minimum Gasteiger partial charge on any atom is -0.349 e. The maximum Gasteiger partial charge on any atom is 0.253 e. The summed E-state index contributed by atoms with van der Waals surface area (Å²) in [5.41, 5.74) is 3.37. The molecule has 5 heteroatoms. The number of carbonyl (C=O) groups excluding carboxylic acids is 1. The molecule has 160 valence electrons. The van der Waals surface area contributed by atoms with Crippen LogP contribution in [-0.4, -0.2) is 34.9 Å². The molecule has 1 N–H and O–H groups in total. The van der Waals surface area contributed by atoms with Gasteiger partial charge in [-0.05, 0) is 63.9 Å². The van der Waals surface area contributed by atoms with E-state index >= 15 is 0 Å². The van der Waals surface area contributed by atoms with E-state index in [1.165, 1.54) is 25.3 Å². The van der Waals surface area contributed by atoms with Crippen molar-refractivity contribution in [1.82, 2.24) is 15.2 Å². The monoisotopic (exact) mass is 409 g/mol. The first-order valence-corrected chi connectivity index (χ1v) is 11.3. The summed E-state index contributed by atoms with van der Waals surface area (Å²) in [6.07, 6.45) is 7.71. The Morgan fingerprint density at radius 2 is 1.80 bits per heavy atom. The zero-order chi connectivity index (χ0) is 20.9. The molecule has 1 aliphatic carbocycles. The Bertz CT molecular complexity index is 870. The number of carbonyl (C=O) groups is 1. The molecule has 1 saturated heterocycles. The molecule has 2 aromatic rings. The Hall–Kier alpha value is -2.27. The number of aromatic nitrogens is 1. The molecule has 2 aliphatic rings. The minimum atomic E-state index is -0.137. The van der Waals surface area contributed by atoms with Crippen molar-refractivity contribution in [2.45, 2.75) is 70.4 Å². The summed E-state index contributed by atoms with van der Waals surface area (Å²) in [5.74, 6) is 0.161. The third kappa shape index (κ3) is 5.07. The van der Waals surface area contributed by atoms with Gasteiger partial charge in [0.15, 0.2) is 0 Å². The molecule has 1 saturated carbocycles. The van der Waals surface area contributed by atoms with Crippen LogP contribution in [0.4, 0.5) is 4.39 Å². The van der Waals surface area contributed by atoms with Crippen LogP contribution in [0.2, 0.25) is 0 Å². The molecule has 1 aromatic carbocycles. The van der Waals surface area contributed by atoms with Crippen molar-refractivity contribution in [1.29, 1.82) is 0 Å². The van der Waals surface area contributed by atoms with Crippen molar-refractivity contribution in [2.24, 2.45) is 0 Å². The number of hydrogen-bond donors (Lipinski definition) is 1. The van der Waals surface area contributed by atoms with Gasteiger partial charge in [-0.25, -0.2) is 4.39 Å². The van der Waals surface area contributed by atoms with Crippen LogP contribution < -0.4 is 5.32 Å². The number of amides is 1. The lowest BCUT2D eigenvalue weighted by molar-refractivity contribution is 0.0924. The average molecular weight is 410 g/mol. The molecule has 1 aromatic heterocycles. The van der Waals surface area contributed by atoms with Gasteiger partial charge in [0.2, 0.25) is 0 Å². The summed E-state index contributed by atoms with van der Waals surface area (Å²) in [5, 5.41) is 3.25. The quantitative estimate of drug-likeness (QED) is 0.758. The summed E-state index contributed by atoms with van der Waals surface area (Å²) in [7, 11) is 0. The fourth-order valence-electron chi connectivity index (χ4n) is 4.82. The van der Waals surface area contributed by atoms with E-state index in [0.29, 0.717) is 12.6 Å². The van der Waals surface area contributed by atoms with E-state index < -0.39 is 0 Å². The van der Waals surface area contributed by atoms with Crippen LogP contribution in [0, 0.1) is 12.7 Å². The van der Waals surface area contributed by atoms with Gasteiger partial charge >= 0.3 is 0 Å². The topological polar surface area (TPSA) is 45.2 Å². The number of piperidine rings is 1. The van der Waals surface area contributed by atoms with Crippen molar-refractivity contribution >= 4 is 5.91 Å². The minimum absolute atomic E-state index is 0.0261. The number of nitrogens with one attached hydrogen (secondary N) is 1. The summed E-state index contributed by atoms with van der Waals surface area (Å²) < 4.78 is 14.0. The van der Waals surface area contributed by atoms with E-state index in [9.17, 15) is 9.18 Å². The number of nitrogens with zero attached hydrogens (tertiary/aromatic N) is 2. The van der Waals surface area contributed by atoms with Crippen LogP contribution in [-0.2, 0) is 6.54 Å². The van der Waals surface area contributed by atoms with Gasteiger partial charge in [-0.2, -0.15) is 0 Å². The molecule has 0 radical (unpaired) electrons. The fourth-order valence-corrected chi connectivity index (χ4v) is 4.82. The predicted octanol–water partition coefficient (Wildman–Crippen LogP) is 4.97. The lowest BCUT2D eigenvalue weighted by atomic mass is 9.89. The van der Waals surface area contributed by atoms with E-state index in [1.807, 2.05) is 31.2 Å². The molecule has 0 spiro atoms. The van der Waals surface area contributed by atoms with Crippen LogP contribution in [0.25, 0.3) is 0 Å². The van der Waals surface area contributed by atoms with E-state index in [-0.39, 0.29) is 17.6 Å². The van der Waals surface area contributed by atoms with Crippen molar-refractivity contribution in [2.75, 3.05) is 13.1 Å². The zero-order valence-corrected chi connectivity index (χ0v) is 17.9. The second-order valence-corrected chi connectivity index (χ2v) is 8.84. The van der Waals surface area contributed by atoms with Gasteiger partial charge in [0.25, 0.3) is 5.91 Å². The van der Waals surface area contributed by atoms with Crippen LogP contribution in [0.3, 0.4) is 0 Å². The molecule has 0 atom stereocenters. The van der Waals surface area contributed by atoms with Gasteiger partial charge in [0, 0.05) is 29.8 Å². The van der Waals surface area contributed by atoms with Crippen LogP contribution in [0.1, 0.15) is 78.2 Å².